The normalized spacial score (nSPS) is 21.7. The first-order valence-electron chi connectivity index (χ1n) is 4.63. The highest BCUT2D eigenvalue weighted by molar-refractivity contribution is 4.90. The smallest absolute Gasteiger partial charge is 0.0771 e. The molecule has 0 aliphatic heterocycles. The van der Waals surface area contributed by atoms with Crippen LogP contribution in [0.3, 0.4) is 0 Å². The summed E-state index contributed by atoms with van der Waals surface area (Å²) in [6.07, 6.45) is 10.5. The second-order valence-corrected chi connectivity index (χ2v) is 3.59. The van der Waals surface area contributed by atoms with Gasteiger partial charge in [0.1, 0.15) is 0 Å². The standard InChI is InChI=1S/C10H17NO/c1-2-8-11-9-10(12)6-4-3-5-7-10/h1,11-12H,3-9H2. The predicted octanol–water partition coefficient (Wildman–Crippen LogP) is 0.904. The average molecular weight is 167 g/mol. The molecule has 12 heavy (non-hydrogen) atoms. The van der Waals surface area contributed by atoms with Gasteiger partial charge in [-0.2, -0.15) is 0 Å². The van der Waals surface area contributed by atoms with Crippen LogP contribution < -0.4 is 5.32 Å². The van der Waals surface area contributed by atoms with Gasteiger partial charge in [-0.15, -0.1) is 6.42 Å². The van der Waals surface area contributed by atoms with Crippen molar-refractivity contribution in [1.82, 2.24) is 5.32 Å². The van der Waals surface area contributed by atoms with Gasteiger partial charge in [-0.25, -0.2) is 0 Å². The van der Waals surface area contributed by atoms with Crippen LogP contribution in [0.15, 0.2) is 0 Å². The van der Waals surface area contributed by atoms with Crippen LogP contribution in [0.5, 0.6) is 0 Å². The van der Waals surface area contributed by atoms with E-state index in [0.29, 0.717) is 13.1 Å². The number of nitrogens with one attached hydrogen (secondary N) is 1. The summed E-state index contributed by atoms with van der Waals surface area (Å²) in [5.74, 6) is 2.50. The SMILES string of the molecule is C#CCNCC1(O)CCCCC1. The van der Waals surface area contributed by atoms with Crippen LogP contribution >= 0.6 is 0 Å². The molecule has 2 N–H and O–H groups in total. The van der Waals surface area contributed by atoms with E-state index in [-0.39, 0.29) is 0 Å². The Bertz CT molecular complexity index is 165. The van der Waals surface area contributed by atoms with Crippen LogP contribution in [-0.4, -0.2) is 23.8 Å². The highest BCUT2D eigenvalue weighted by Crippen LogP contribution is 2.26. The third-order valence-electron chi connectivity index (χ3n) is 2.47. The molecule has 1 aliphatic carbocycles. The van der Waals surface area contributed by atoms with Gasteiger partial charge in [0, 0.05) is 6.54 Å². The van der Waals surface area contributed by atoms with Crippen molar-refractivity contribution in [3.63, 3.8) is 0 Å². The Morgan fingerprint density at radius 3 is 2.58 bits per heavy atom. The van der Waals surface area contributed by atoms with Gasteiger partial charge < -0.3 is 10.4 Å². The minimum atomic E-state index is -0.477. The van der Waals surface area contributed by atoms with Crippen molar-refractivity contribution in [3.05, 3.63) is 0 Å². The van der Waals surface area contributed by atoms with E-state index in [2.05, 4.69) is 11.2 Å². The molecular weight excluding hydrogens is 150 g/mol. The fourth-order valence-corrected chi connectivity index (χ4v) is 1.75. The molecule has 0 amide bonds. The quantitative estimate of drug-likeness (QED) is 0.483. The van der Waals surface area contributed by atoms with Crippen molar-refractivity contribution in [2.75, 3.05) is 13.1 Å². The zero-order valence-electron chi connectivity index (χ0n) is 7.47. The summed E-state index contributed by atoms with van der Waals surface area (Å²) in [7, 11) is 0. The van der Waals surface area contributed by atoms with Gasteiger partial charge in [-0.1, -0.05) is 25.2 Å². The van der Waals surface area contributed by atoms with E-state index < -0.39 is 5.60 Å². The molecule has 1 saturated carbocycles. The predicted molar refractivity (Wildman–Crippen MR) is 49.7 cm³/mol. The third-order valence-corrected chi connectivity index (χ3v) is 2.47. The molecule has 0 radical (unpaired) electrons. The van der Waals surface area contributed by atoms with E-state index in [9.17, 15) is 5.11 Å². The summed E-state index contributed by atoms with van der Waals surface area (Å²) < 4.78 is 0. The van der Waals surface area contributed by atoms with E-state index in [1.807, 2.05) is 0 Å². The van der Waals surface area contributed by atoms with Gasteiger partial charge in [0.2, 0.25) is 0 Å². The van der Waals surface area contributed by atoms with Gasteiger partial charge in [-0.05, 0) is 12.8 Å². The van der Waals surface area contributed by atoms with E-state index in [1.165, 1.54) is 6.42 Å². The molecule has 1 fully saturated rings. The summed E-state index contributed by atoms with van der Waals surface area (Å²) in [5, 5.41) is 13.0. The van der Waals surface area contributed by atoms with Crippen molar-refractivity contribution < 1.29 is 5.11 Å². The molecule has 0 saturated heterocycles. The molecule has 0 spiro atoms. The van der Waals surface area contributed by atoms with Crippen molar-refractivity contribution in [2.24, 2.45) is 0 Å². The summed E-state index contributed by atoms with van der Waals surface area (Å²) in [5.41, 5.74) is -0.477. The van der Waals surface area contributed by atoms with E-state index >= 15 is 0 Å². The minimum Gasteiger partial charge on any atom is -0.389 e. The van der Waals surface area contributed by atoms with Crippen LogP contribution in [0, 0.1) is 12.3 Å². The molecule has 0 atom stereocenters. The first-order valence-corrected chi connectivity index (χ1v) is 4.63. The van der Waals surface area contributed by atoms with Crippen LogP contribution in [0.2, 0.25) is 0 Å². The number of hydrogen-bond donors (Lipinski definition) is 2. The first kappa shape index (κ1) is 9.57. The lowest BCUT2D eigenvalue weighted by Crippen LogP contribution is -2.42. The zero-order chi connectivity index (χ0) is 8.86. The van der Waals surface area contributed by atoms with Gasteiger partial charge in [0.15, 0.2) is 0 Å². The minimum absolute atomic E-state index is 0.477. The lowest BCUT2D eigenvalue weighted by Gasteiger charge is -2.31. The Labute approximate surface area is 74.4 Å². The van der Waals surface area contributed by atoms with Gasteiger partial charge in [0.05, 0.1) is 12.1 Å². The molecule has 0 bridgehead atoms. The Kier molecular flexibility index (Phi) is 3.58. The maximum Gasteiger partial charge on any atom is 0.0771 e. The second kappa shape index (κ2) is 4.49. The van der Waals surface area contributed by atoms with Crippen molar-refractivity contribution in [1.29, 1.82) is 0 Å². The lowest BCUT2D eigenvalue weighted by atomic mass is 9.85. The monoisotopic (exact) mass is 167 g/mol. The van der Waals surface area contributed by atoms with E-state index in [4.69, 9.17) is 6.42 Å². The molecule has 0 unspecified atom stereocenters. The Balaban J connectivity index is 2.23. The number of rotatable bonds is 3. The van der Waals surface area contributed by atoms with Crippen LogP contribution in [-0.2, 0) is 0 Å². The Morgan fingerprint density at radius 1 is 1.33 bits per heavy atom. The Hall–Kier alpha value is -0.520. The molecule has 2 heteroatoms. The summed E-state index contributed by atoms with van der Waals surface area (Å²) in [6.45, 7) is 1.21. The molecule has 68 valence electrons. The average Bonchev–Trinajstić information content (AvgIpc) is 2.06. The second-order valence-electron chi connectivity index (χ2n) is 3.59. The Morgan fingerprint density at radius 2 is 2.00 bits per heavy atom. The van der Waals surface area contributed by atoms with Gasteiger partial charge in [0.25, 0.3) is 0 Å². The maximum atomic E-state index is 9.97. The lowest BCUT2D eigenvalue weighted by molar-refractivity contribution is 0.00586. The van der Waals surface area contributed by atoms with Crippen LogP contribution in [0.4, 0.5) is 0 Å². The van der Waals surface area contributed by atoms with E-state index in [1.54, 1.807) is 0 Å². The van der Waals surface area contributed by atoms with Crippen molar-refractivity contribution >= 4 is 0 Å². The molecule has 0 aromatic heterocycles. The first-order chi connectivity index (χ1) is 5.77. The van der Waals surface area contributed by atoms with Gasteiger partial charge >= 0.3 is 0 Å². The zero-order valence-corrected chi connectivity index (χ0v) is 7.47. The largest absolute Gasteiger partial charge is 0.389 e. The number of hydrogen-bond acceptors (Lipinski definition) is 2. The molecule has 0 aromatic carbocycles. The van der Waals surface area contributed by atoms with Gasteiger partial charge in [-0.3, -0.25) is 0 Å². The highest BCUT2D eigenvalue weighted by Gasteiger charge is 2.28. The molecular formula is C10H17NO. The number of aliphatic hydroxyl groups is 1. The fourth-order valence-electron chi connectivity index (χ4n) is 1.75. The molecule has 1 rings (SSSR count). The maximum absolute atomic E-state index is 9.97. The fraction of sp³-hybridized carbons (Fsp3) is 0.800. The van der Waals surface area contributed by atoms with E-state index in [0.717, 1.165) is 25.7 Å². The molecule has 0 aromatic rings. The van der Waals surface area contributed by atoms with Crippen molar-refractivity contribution in [2.45, 2.75) is 37.7 Å². The molecule has 0 heterocycles. The summed E-state index contributed by atoms with van der Waals surface area (Å²) in [4.78, 5) is 0. The number of terminal acetylenes is 1. The third kappa shape index (κ3) is 2.84. The molecule has 2 nitrogen and oxygen atoms in total. The van der Waals surface area contributed by atoms with Crippen LogP contribution in [0.25, 0.3) is 0 Å². The topological polar surface area (TPSA) is 32.3 Å². The summed E-state index contributed by atoms with van der Waals surface area (Å²) >= 11 is 0. The molecule has 1 aliphatic rings. The summed E-state index contributed by atoms with van der Waals surface area (Å²) in [6, 6.07) is 0. The van der Waals surface area contributed by atoms with Crippen LogP contribution in [0.1, 0.15) is 32.1 Å². The highest BCUT2D eigenvalue weighted by atomic mass is 16.3. The van der Waals surface area contributed by atoms with Crippen molar-refractivity contribution in [3.8, 4) is 12.3 Å².